The lowest BCUT2D eigenvalue weighted by Gasteiger charge is -2.14. The summed E-state index contributed by atoms with van der Waals surface area (Å²) < 4.78 is 10.7. The molecule has 1 saturated heterocycles. The van der Waals surface area contributed by atoms with Crippen LogP contribution in [0.25, 0.3) is 6.08 Å². The molecule has 1 heterocycles. The fourth-order valence-corrected chi connectivity index (χ4v) is 3.32. The van der Waals surface area contributed by atoms with E-state index in [0.29, 0.717) is 27.1 Å². The standard InChI is InChI=1S/C21H20N2O5S/c1-12-4-7-15(8-5-12)22-21-23-19(24)18(29-21)11-14-6-9-16(17(10-14)27-3)28-13(2)20(25)26/h4-11,13H,1-3H3,(H,25,26)(H,22,23,24)/b18-11+/t13-/m1/s1. The minimum atomic E-state index is -1.07. The molecule has 2 aromatic rings. The van der Waals surface area contributed by atoms with Crippen LogP contribution in [0.3, 0.4) is 0 Å². The van der Waals surface area contributed by atoms with Crippen molar-refractivity contribution in [3.63, 3.8) is 0 Å². The van der Waals surface area contributed by atoms with Gasteiger partial charge in [-0.1, -0.05) is 23.8 Å². The molecule has 3 rings (SSSR count). The number of nitrogens with one attached hydrogen (secondary N) is 1. The first-order chi connectivity index (χ1) is 13.9. The van der Waals surface area contributed by atoms with Crippen molar-refractivity contribution in [2.24, 2.45) is 4.99 Å². The van der Waals surface area contributed by atoms with Crippen LogP contribution in [0.1, 0.15) is 18.1 Å². The number of amides is 1. The van der Waals surface area contributed by atoms with Crippen LogP contribution in [0, 0.1) is 6.92 Å². The lowest BCUT2D eigenvalue weighted by molar-refractivity contribution is -0.144. The molecule has 1 fully saturated rings. The number of carbonyl (C=O) groups excluding carboxylic acids is 1. The van der Waals surface area contributed by atoms with E-state index in [2.05, 4.69) is 10.3 Å². The van der Waals surface area contributed by atoms with E-state index in [9.17, 15) is 9.59 Å². The first kappa shape index (κ1) is 20.5. The fraction of sp³-hybridized carbons (Fsp3) is 0.190. The Bertz CT molecular complexity index is 999. The van der Waals surface area contributed by atoms with E-state index in [-0.39, 0.29) is 5.91 Å². The molecule has 0 unspecified atom stereocenters. The minimum Gasteiger partial charge on any atom is -0.493 e. The van der Waals surface area contributed by atoms with Crippen molar-refractivity contribution in [2.45, 2.75) is 20.0 Å². The molecule has 0 bridgehead atoms. The molecule has 7 nitrogen and oxygen atoms in total. The van der Waals surface area contributed by atoms with Crippen molar-refractivity contribution in [2.75, 3.05) is 7.11 Å². The van der Waals surface area contributed by atoms with E-state index < -0.39 is 12.1 Å². The van der Waals surface area contributed by atoms with Crippen molar-refractivity contribution >= 4 is 40.6 Å². The summed E-state index contributed by atoms with van der Waals surface area (Å²) in [5, 5.41) is 12.2. The molecule has 2 N–H and O–H groups in total. The maximum absolute atomic E-state index is 12.3. The van der Waals surface area contributed by atoms with E-state index >= 15 is 0 Å². The van der Waals surface area contributed by atoms with E-state index in [1.54, 1.807) is 24.3 Å². The number of nitrogens with zero attached hydrogens (tertiary/aromatic N) is 1. The van der Waals surface area contributed by atoms with Gasteiger partial charge in [-0.05, 0) is 61.5 Å². The lowest BCUT2D eigenvalue weighted by Crippen LogP contribution is -2.23. The Balaban J connectivity index is 1.79. The number of aryl methyl sites for hydroxylation is 1. The number of hydrogen-bond acceptors (Lipinski definition) is 6. The van der Waals surface area contributed by atoms with Gasteiger partial charge in [-0.15, -0.1) is 0 Å². The summed E-state index contributed by atoms with van der Waals surface area (Å²) in [5.41, 5.74) is 2.61. The largest absolute Gasteiger partial charge is 0.493 e. The number of carboxylic acid groups (broad SMARTS) is 1. The van der Waals surface area contributed by atoms with Crippen LogP contribution in [0.2, 0.25) is 0 Å². The highest BCUT2D eigenvalue weighted by atomic mass is 32.2. The summed E-state index contributed by atoms with van der Waals surface area (Å²) in [6.07, 6.45) is 0.703. The number of amidine groups is 1. The highest BCUT2D eigenvalue weighted by molar-refractivity contribution is 8.18. The number of carboxylic acids is 1. The van der Waals surface area contributed by atoms with Gasteiger partial charge in [-0.25, -0.2) is 9.79 Å². The van der Waals surface area contributed by atoms with Crippen LogP contribution in [-0.4, -0.2) is 35.4 Å². The number of thioether (sulfide) groups is 1. The Morgan fingerprint density at radius 1 is 1.21 bits per heavy atom. The maximum atomic E-state index is 12.3. The fourth-order valence-electron chi connectivity index (χ4n) is 2.48. The van der Waals surface area contributed by atoms with Crippen molar-refractivity contribution < 1.29 is 24.2 Å². The average molecular weight is 412 g/mol. The Morgan fingerprint density at radius 3 is 2.59 bits per heavy atom. The zero-order chi connectivity index (χ0) is 21.0. The van der Waals surface area contributed by atoms with Gasteiger partial charge < -0.3 is 19.9 Å². The second kappa shape index (κ2) is 8.83. The van der Waals surface area contributed by atoms with Crippen LogP contribution in [0.15, 0.2) is 52.4 Å². The molecule has 2 aromatic carbocycles. The molecule has 29 heavy (non-hydrogen) atoms. The Labute approximate surface area is 172 Å². The SMILES string of the molecule is COc1cc(/C=C2/SC(=Nc3ccc(C)cc3)NC2=O)ccc1O[C@H](C)C(=O)O. The van der Waals surface area contributed by atoms with E-state index in [1.165, 1.54) is 25.8 Å². The molecular weight excluding hydrogens is 392 g/mol. The summed E-state index contributed by atoms with van der Waals surface area (Å²) >= 11 is 1.25. The number of aliphatic imine (C=N–C) groups is 1. The van der Waals surface area contributed by atoms with Gasteiger partial charge in [0.25, 0.3) is 5.91 Å². The zero-order valence-electron chi connectivity index (χ0n) is 16.1. The van der Waals surface area contributed by atoms with Crippen molar-refractivity contribution in [1.29, 1.82) is 0 Å². The highest BCUT2D eigenvalue weighted by Crippen LogP contribution is 2.32. The van der Waals surface area contributed by atoms with Gasteiger partial charge in [0.05, 0.1) is 17.7 Å². The molecule has 1 amide bonds. The molecule has 0 aromatic heterocycles. The second-order valence-electron chi connectivity index (χ2n) is 6.33. The van der Waals surface area contributed by atoms with Gasteiger partial charge in [0.1, 0.15) is 0 Å². The van der Waals surface area contributed by atoms with Crippen LogP contribution < -0.4 is 14.8 Å². The molecule has 8 heteroatoms. The summed E-state index contributed by atoms with van der Waals surface area (Å²) in [4.78, 5) is 28.2. The number of rotatable bonds is 6. The number of ether oxygens (including phenoxy) is 2. The third kappa shape index (κ3) is 5.17. The average Bonchev–Trinajstić information content (AvgIpc) is 3.03. The molecule has 0 saturated carbocycles. The molecule has 0 radical (unpaired) electrons. The van der Waals surface area contributed by atoms with Crippen LogP contribution >= 0.6 is 11.8 Å². The molecular formula is C21H20N2O5S. The summed E-state index contributed by atoms with van der Waals surface area (Å²) in [6.45, 7) is 3.43. The first-order valence-electron chi connectivity index (χ1n) is 8.79. The van der Waals surface area contributed by atoms with Gasteiger partial charge in [0, 0.05) is 0 Å². The maximum Gasteiger partial charge on any atom is 0.344 e. The predicted octanol–water partition coefficient (Wildman–Crippen LogP) is 3.75. The third-order valence-corrected chi connectivity index (χ3v) is 4.96. The lowest BCUT2D eigenvalue weighted by atomic mass is 10.2. The quantitative estimate of drug-likeness (QED) is 0.702. The second-order valence-corrected chi connectivity index (χ2v) is 7.36. The Morgan fingerprint density at radius 2 is 1.93 bits per heavy atom. The summed E-state index contributed by atoms with van der Waals surface area (Å²) in [7, 11) is 1.47. The Kier molecular flexibility index (Phi) is 6.23. The molecule has 0 aliphatic carbocycles. The van der Waals surface area contributed by atoms with Crippen LogP contribution in [-0.2, 0) is 9.59 Å². The molecule has 150 valence electrons. The van der Waals surface area contributed by atoms with Crippen molar-refractivity contribution in [1.82, 2.24) is 5.32 Å². The van der Waals surface area contributed by atoms with E-state index in [0.717, 1.165) is 11.3 Å². The predicted molar refractivity (Wildman–Crippen MR) is 113 cm³/mol. The van der Waals surface area contributed by atoms with E-state index in [1.807, 2.05) is 31.2 Å². The highest BCUT2D eigenvalue weighted by Gasteiger charge is 2.24. The Hall–Kier alpha value is -3.26. The van der Waals surface area contributed by atoms with Gasteiger partial charge in [0.15, 0.2) is 22.8 Å². The van der Waals surface area contributed by atoms with Gasteiger partial charge in [-0.3, -0.25) is 4.79 Å². The third-order valence-electron chi connectivity index (χ3n) is 4.05. The van der Waals surface area contributed by atoms with E-state index in [4.69, 9.17) is 14.6 Å². The number of carbonyl (C=O) groups is 2. The monoisotopic (exact) mass is 412 g/mol. The zero-order valence-corrected chi connectivity index (χ0v) is 16.9. The van der Waals surface area contributed by atoms with Crippen molar-refractivity contribution in [3.05, 3.63) is 58.5 Å². The van der Waals surface area contributed by atoms with Gasteiger partial charge in [0.2, 0.25) is 0 Å². The van der Waals surface area contributed by atoms with Gasteiger partial charge >= 0.3 is 5.97 Å². The molecule has 1 atom stereocenters. The smallest absolute Gasteiger partial charge is 0.344 e. The number of aliphatic carboxylic acids is 1. The number of hydrogen-bond donors (Lipinski definition) is 2. The molecule has 1 aliphatic rings. The summed E-state index contributed by atoms with van der Waals surface area (Å²) in [6, 6.07) is 12.7. The molecule has 0 spiro atoms. The van der Waals surface area contributed by atoms with Gasteiger partial charge in [-0.2, -0.15) is 0 Å². The number of benzene rings is 2. The minimum absolute atomic E-state index is 0.236. The normalized spacial score (nSPS) is 17.3. The van der Waals surface area contributed by atoms with Crippen molar-refractivity contribution in [3.8, 4) is 11.5 Å². The first-order valence-corrected chi connectivity index (χ1v) is 9.61. The van der Waals surface area contributed by atoms with Crippen LogP contribution in [0.5, 0.6) is 11.5 Å². The van der Waals surface area contributed by atoms with Crippen LogP contribution in [0.4, 0.5) is 5.69 Å². The topological polar surface area (TPSA) is 97.2 Å². The molecule has 1 aliphatic heterocycles. The number of methoxy groups -OCH3 is 1. The summed E-state index contributed by atoms with van der Waals surface area (Å²) in [5.74, 6) is -0.614.